The van der Waals surface area contributed by atoms with Crippen molar-refractivity contribution in [1.29, 1.82) is 5.26 Å². The molecule has 0 fully saturated rings. The maximum absolute atomic E-state index is 9.04. The van der Waals surface area contributed by atoms with Gasteiger partial charge in [0.1, 0.15) is 0 Å². The lowest BCUT2D eigenvalue weighted by Gasteiger charge is -2.03. The summed E-state index contributed by atoms with van der Waals surface area (Å²) < 4.78 is 0. The molecule has 0 spiro atoms. The minimum Gasteiger partial charge on any atom is -0.392 e. The molecule has 74 valence electrons. The molecule has 0 radical (unpaired) electrons. The van der Waals surface area contributed by atoms with Gasteiger partial charge in [0, 0.05) is 5.56 Å². The van der Waals surface area contributed by atoms with Crippen LogP contribution in [0.1, 0.15) is 11.1 Å². The summed E-state index contributed by atoms with van der Waals surface area (Å²) in [6.07, 6.45) is 0. The van der Waals surface area contributed by atoms with E-state index in [0.29, 0.717) is 5.56 Å². The van der Waals surface area contributed by atoms with Crippen LogP contribution in [-0.2, 0) is 6.61 Å². The van der Waals surface area contributed by atoms with Crippen LogP contribution >= 0.6 is 11.3 Å². The molecule has 0 aliphatic carbocycles. The Hall–Kier alpha value is -1.63. The largest absolute Gasteiger partial charge is 0.392 e. The van der Waals surface area contributed by atoms with Crippen molar-refractivity contribution in [1.82, 2.24) is 0 Å². The van der Waals surface area contributed by atoms with E-state index in [-0.39, 0.29) is 6.61 Å². The molecule has 1 heterocycles. The summed E-state index contributed by atoms with van der Waals surface area (Å²) in [6, 6.07) is 9.51. The van der Waals surface area contributed by atoms with E-state index in [2.05, 4.69) is 6.07 Å². The second-order valence-corrected chi connectivity index (χ2v) is 3.94. The van der Waals surface area contributed by atoms with Crippen molar-refractivity contribution in [3.63, 3.8) is 0 Å². The Labute approximate surface area is 92.0 Å². The molecule has 0 amide bonds. The lowest BCUT2D eigenvalue weighted by Crippen LogP contribution is -1.88. The number of benzene rings is 1. The Kier molecular flexibility index (Phi) is 2.82. The SMILES string of the molecule is N#Cc1ccc(CO)cc1-c1ccsc1. The van der Waals surface area contributed by atoms with Gasteiger partial charge in [-0.2, -0.15) is 16.6 Å². The highest BCUT2D eigenvalue weighted by atomic mass is 32.1. The quantitative estimate of drug-likeness (QED) is 0.837. The molecular weight excluding hydrogens is 206 g/mol. The number of nitriles is 1. The molecule has 1 N–H and O–H groups in total. The van der Waals surface area contributed by atoms with Crippen molar-refractivity contribution in [2.24, 2.45) is 0 Å². The van der Waals surface area contributed by atoms with Gasteiger partial charge in [-0.15, -0.1) is 0 Å². The molecular formula is C12H9NOS. The monoisotopic (exact) mass is 215 g/mol. The van der Waals surface area contributed by atoms with Crippen LogP contribution in [0.4, 0.5) is 0 Å². The zero-order chi connectivity index (χ0) is 10.7. The predicted octanol–water partition coefficient (Wildman–Crippen LogP) is 2.78. The van der Waals surface area contributed by atoms with Crippen molar-refractivity contribution >= 4 is 11.3 Å². The van der Waals surface area contributed by atoms with Crippen LogP contribution in [0.2, 0.25) is 0 Å². The average Bonchev–Trinajstić information content (AvgIpc) is 2.81. The zero-order valence-corrected chi connectivity index (χ0v) is 8.79. The minimum atomic E-state index is 0.00282. The normalized spacial score (nSPS) is 9.87. The minimum absolute atomic E-state index is 0.00282. The fourth-order valence-electron chi connectivity index (χ4n) is 1.44. The predicted molar refractivity (Wildman–Crippen MR) is 60.4 cm³/mol. The second kappa shape index (κ2) is 4.26. The summed E-state index contributed by atoms with van der Waals surface area (Å²) in [7, 11) is 0. The summed E-state index contributed by atoms with van der Waals surface area (Å²) in [4.78, 5) is 0. The molecule has 0 aliphatic rings. The lowest BCUT2D eigenvalue weighted by molar-refractivity contribution is 0.282. The first-order valence-corrected chi connectivity index (χ1v) is 5.46. The van der Waals surface area contributed by atoms with Gasteiger partial charge in [0.25, 0.3) is 0 Å². The number of hydrogen-bond acceptors (Lipinski definition) is 3. The highest BCUT2D eigenvalue weighted by Crippen LogP contribution is 2.26. The molecule has 2 aromatic rings. The van der Waals surface area contributed by atoms with Crippen molar-refractivity contribution in [3.05, 3.63) is 46.2 Å². The van der Waals surface area contributed by atoms with Gasteiger partial charge in [0.2, 0.25) is 0 Å². The van der Waals surface area contributed by atoms with Crippen LogP contribution in [0.3, 0.4) is 0 Å². The number of thiophene rings is 1. The van der Waals surface area contributed by atoms with E-state index in [1.54, 1.807) is 23.5 Å². The standard InChI is InChI=1S/C12H9NOS/c13-6-10-2-1-9(7-14)5-12(10)11-3-4-15-8-11/h1-5,8,14H,7H2. The molecule has 0 unspecified atom stereocenters. The summed E-state index contributed by atoms with van der Waals surface area (Å²) in [6.45, 7) is 0.00282. The third kappa shape index (κ3) is 1.91. The van der Waals surface area contributed by atoms with Crippen molar-refractivity contribution in [2.75, 3.05) is 0 Å². The van der Waals surface area contributed by atoms with Crippen molar-refractivity contribution in [3.8, 4) is 17.2 Å². The van der Waals surface area contributed by atoms with E-state index in [0.717, 1.165) is 16.7 Å². The summed E-state index contributed by atoms with van der Waals surface area (Å²) in [5.74, 6) is 0. The molecule has 2 nitrogen and oxygen atoms in total. The van der Waals surface area contributed by atoms with Crippen LogP contribution in [0.25, 0.3) is 11.1 Å². The second-order valence-electron chi connectivity index (χ2n) is 3.16. The Balaban J connectivity index is 2.58. The smallest absolute Gasteiger partial charge is 0.0998 e. The van der Waals surface area contributed by atoms with Crippen LogP contribution in [-0.4, -0.2) is 5.11 Å². The molecule has 1 aromatic carbocycles. The van der Waals surface area contributed by atoms with Gasteiger partial charge >= 0.3 is 0 Å². The number of hydrogen-bond donors (Lipinski definition) is 1. The number of aliphatic hydroxyl groups is 1. The third-order valence-corrected chi connectivity index (χ3v) is 2.90. The summed E-state index contributed by atoms with van der Waals surface area (Å²) in [5.41, 5.74) is 3.40. The lowest BCUT2D eigenvalue weighted by atomic mass is 10.0. The van der Waals surface area contributed by atoms with Gasteiger partial charge in [0.15, 0.2) is 0 Å². The topological polar surface area (TPSA) is 44.0 Å². The van der Waals surface area contributed by atoms with E-state index in [1.165, 1.54) is 0 Å². The van der Waals surface area contributed by atoms with Crippen LogP contribution in [0, 0.1) is 11.3 Å². The van der Waals surface area contributed by atoms with E-state index in [1.807, 2.05) is 22.9 Å². The zero-order valence-electron chi connectivity index (χ0n) is 7.97. The van der Waals surface area contributed by atoms with Gasteiger partial charge in [-0.05, 0) is 40.1 Å². The molecule has 3 heteroatoms. The van der Waals surface area contributed by atoms with Crippen LogP contribution in [0.15, 0.2) is 35.0 Å². The highest BCUT2D eigenvalue weighted by Gasteiger charge is 2.05. The molecule has 0 bridgehead atoms. The van der Waals surface area contributed by atoms with E-state index < -0.39 is 0 Å². The first-order chi connectivity index (χ1) is 7.35. The molecule has 0 saturated carbocycles. The fourth-order valence-corrected chi connectivity index (χ4v) is 2.10. The van der Waals surface area contributed by atoms with Gasteiger partial charge < -0.3 is 5.11 Å². The Bertz CT molecular complexity index is 497. The molecule has 0 atom stereocenters. The third-order valence-electron chi connectivity index (χ3n) is 2.22. The van der Waals surface area contributed by atoms with Crippen LogP contribution < -0.4 is 0 Å². The number of aliphatic hydroxyl groups excluding tert-OH is 1. The van der Waals surface area contributed by atoms with E-state index in [4.69, 9.17) is 10.4 Å². The van der Waals surface area contributed by atoms with Gasteiger partial charge in [-0.25, -0.2) is 0 Å². The fraction of sp³-hybridized carbons (Fsp3) is 0.0833. The molecule has 0 saturated heterocycles. The maximum atomic E-state index is 9.04. The molecule has 0 aliphatic heterocycles. The van der Waals surface area contributed by atoms with Crippen molar-refractivity contribution in [2.45, 2.75) is 6.61 Å². The Morgan fingerprint density at radius 2 is 2.20 bits per heavy atom. The maximum Gasteiger partial charge on any atom is 0.0998 e. The van der Waals surface area contributed by atoms with Gasteiger partial charge in [-0.3, -0.25) is 0 Å². The highest BCUT2D eigenvalue weighted by molar-refractivity contribution is 7.08. The first kappa shape index (κ1) is 9.91. The van der Waals surface area contributed by atoms with Gasteiger partial charge in [0.05, 0.1) is 18.2 Å². The first-order valence-electron chi connectivity index (χ1n) is 4.51. The number of nitrogens with zero attached hydrogens (tertiary/aromatic N) is 1. The Morgan fingerprint density at radius 3 is 2.80 bits per heavy atom. The van der Waals surface area contributed by atoms with E-state index >= 15 is 0 Å². The number of rotatable bonds is 2. The summed E-state index contributed by atoms with van der Waals surface area (Å²) >= 11 is 1.60. The van der Waals surface area contributed by atoms with Gasteiger partial charge in [-0.1, -0.05) is 6.07 Å². The average molecular weight is 215 g/mol. The molecule has 1 aromatic heterocycles. The Morgan fingerprint density at radius 1 is 1.33 bits per heavy atom. The summed E-state index contributed by atoms with van der Waals surface area (Å²) in [5, 5.41) is 22.0. The molecule has 15 heavy (non-hydrogen) atoms. The van der Waals surface area contributed by atoms with Crippen molar-refractivity contribution < 1.29 is 5.11 Å². The van der Waals surface area contributed by atoms with Crippen LogP contribution in [0.5, 0.6) is 0 Å². The molecule has 2 rings (SSSR count). The van der Waals surface area contributed by atoms with E-state index in [9.17, 15) is 0 Å².